The van der Waals surface area contributed by atoms with Crippen molar-refractivity contribution >= 4 is 10.9 Å². The Hall–Kier alpha value is -2.53. The lowest BCUT2D eigenvalue weighted by Crippen LogP contribution is -2.24. The van der Waals surface area contributed by atoms with Gasteiger partial charge in [-0.05, 0) is 36.9 Å². The van der Waals surface area contributed by atoms with Crippen LogP contribution in [0.1, 0.15) is 5.56 Å². The molecular formula is C17H16FN3O. The molecule has 0 bridgehead atoms. The van der Waals surface area contributed by atoms with Gasteiger partial charge in [-0.15, -0.1) is 0 Å². The lowest BCUT2D eigenvalue weighted by molar-refractivity contribution is 0.249. The number of para-hydroxylation sites is 1. The molecule has 2 aromatic carbocycles. The van der Waals surface area contributed by atoms with Crippen molar-refractivity contribution in [2.24, 2.45) is 0 Å². The quantitative estimate of drug-likeness (QED) is 0.743. The number of fused-ring (bicyclic) bond motifs is 1. The first-order valence-corrected chi connectivity index (χ1v) is 7.01. The SMILES string of the molecule is CN(Cc1ccc(F)cc1)Cn1ncc(=O)c2ccccc21. The zero-order valence-corrected chi connectivity index (χ0v) is 12.2. The fourth-order valence-corrected chi connectivity index (χ4v) is 2.45. The smallest absolute Gasteiger partial charge is 0.207 e. The molecule has 1 heterocycles. The van der Waals surface area contributed by atoms with E-state index >= 15 is 0 Å². The Bertz CT molecular complexity index is 842. The van der Waals surface area contributed by atoms with Gasteiger partial charge in [0.05, 0.1) is 18.4 Å². The normalized spacial score (nSPS) is 11.2. The van der Waals surface area contributed by atoms with Gasteiger partial charge in [0.1, 0.15) is 5.82 Å². The van der Waals surface area contributed by atoms with Crippen LogP contribution in [0.4, 0.5) is 4.39 Å². The van der Waals surface area contributed by atoms with Gasteiger partial charge in [0, 0.05) is 11.9 Å². The lowest BCUT2D eigenvalue weighted by atomic mass is 10.2. The van der Waals surface area contributed by atoms with Crippen molar-refractivity contribution in [1.29, 1.82) is 0 Å². The molecule has 22 heavy (non-hydrogen) atoms. The summed E-state index contributed by atoms with van der Waals surface area (Å²) < 4.78 is 14.7. The van der Waals surface area contributed by atoms with E-state index in [-0.39, 0.29) is 11.2 Å². The number of hydrogen-bond donors (Lipinski definition) is 0. The zero-order valence-electron chi connectivity index (χ0n) is 12.2. The van der Waals surface area contributed by atoms with Crippen molar-refractivity contribution in [1.82, 2.24) is 14.7 Å². The molecule has 1 aromatic heterocycles. The minimum Gasteiger partial charge on any atom is -0.287 e. The summed E-state index contributed by atoms with van der Waals surface area (Å²) >= 11 is 0. The first-order valence-electron chi connectivity index (χ1n) is 7.01. The minimum atomic E-state index is -0.237. The van der Waals surface area contributed by atoms with Gasteiger partial charge in [-0.25, -0.2) is 4.39 Å². The molecule has 0 unspecified atom stereocenters. The van der Waals surface area contributed by atoms with E-state index < -0.39 is 0 Å². The number of aromatic nitrogens is 2. The van der Waals surface area contributed by atoms with E-state index in [2.05, 4.69) is 10.00 Å². The third-order valence-corrected chi connectivity index (χ3v) is 3.50. The third-order valence-electron chi connectivity index (χ3n) is 3.50. The Morgan fingerprint density at radius 2 is 1.86 bits per heavy atom. The highest BCUT2D eigenvalue weighted by molar-refractivity contribution is 5.77. The van der Waals surface area contributed by atoms with Crippen molar-refractivity contribution in [3.8, 4) is 0 Å². The van der Waals surface area contributed by atoms with E-state index in [9.17, 15) is 9.18 Å². The second kappa shape index (κ2) is 6.07. The Morgan fingerprint density at radius 1 is 1.14 bits per heavy atom. The van der Waals surface area contributed by atoms with Crippen molar-refractivity contribution in [2.75, 3.05) is 7.05 Å². The Labute approximate surface area is 127 Å². The topological polar surface area (TPSA) is 38.1 Å². The van der Waals surface area contributed by atoms with E-state index in [0.717, 1.165) is 11.1 Å². The molecule has 0 saturated heterocycles. The largest absolute Gasteiger partial charge is 0.287 e. The summed E-state index contributed by atoms with van der Waals surface area (Å²) in [5, 5.41) is 4.86. The Balaban J connectivity index is 1.82. The van der Waals surface area contributed by atoms with Gasteiger partial charge < -0.3 is 0 Å². The van der Waals surface area contributed by atoms with E-state index in [1.54, 1.807) is 22.9 Å². The maximum Gasteiger partial charge on any atom is 0.207 e. The predicted molar refractivity (Wildman–Crippen MR) is 83.9 cm³/mol. The number of rotatable bonds is 4. The van der Waals surface area contributed by atoms with Crippen molar-refractivity contribution in [3.63, 3.8) is 0 Å². The van der Waals surface area contributed by atoms with Crippen LogP contribution < -0.4 is 5.43 Å². The van der Waals surface area contributed by atoms with Gasteiger partial charge in [0.2, 0.25) is 5.43 Å². The second-order valence-electron chi connectivity index (χ2n) is 5.31. The molecule has 3 rings (SSSR count). The summed E-state index contributed by atoms with van der Waals surface area (Å²) in [6.07, 6.45) is 1.34. The predicted octanol–water partition coefficient (Wildman–Crippen LogP) is 2.63. The molecule has 0 fully saturated rings. The molecule has 0 aliphatic carbocycles. The molecular weight excluding hydrogens is 281 g/mol. The molecule has 0 aliphatic rings. The monoisotopic (exact) mass is 297 g/mol. The summed E-state index contributed by atoms with van der Waals surface area (Å²) in [5.41, 5.74) is 1.75. The highest BCUT2D eigenvalue weighted by atomic mass is 19.1. The van der Waals surface area contributed by atoms with Crippen molar-refractivity contribution in [3.05, 3.63) is 76.3 Å². The number of hydrogen-bond acceptors (Lipinski definition) is 3. The van der Waals surface area contributed by atoms with Gasteiger partial charge >= 0.3 is 0 Å². The van der Waals surface area contributed by atoms with Gasteiger partial charge in [0.25, 0.3) is 0 Å². The lowest BCUT2D eigenvalue weighted by Gasteiger charge is -2.19. The second-order valence-corrected chi connectivity index (χ2v) is 5.31. The van der Waals surface area contributed by atoms with Gasteiger partial charge in [0.15, 0.2) is 0 Å². The van der Waals surface area contributed by atoms with Crippen LogP contribution in [0, 0.1) is 5.82 Å². The van der Waals surface area contributed by atoms with Crippen LogP contribution >= 0.6 is 0 Å². The summed E-state index contributed by atoms with van der Waals surface area (Å²) in [6, 6.07) is 13.9. The number of benzene rings is 2. The molecule has 0 amide bonds. The van der Waals surface area contributed by atoms with Crippen molar-refractivity contribution in [2.45, 2.75) is 13.2 Å². The van der Waals surface area contributed by atoms with Crippen LogP contribution in [0.15, 0.2) is 59.5 Å². The van der Waals surface area contributed by atoms with Crippen LogP contribution in [0.25, 0.3) is 10.9 Å². The van der Waals surface area contributed by atoms with Crippen LogP contribution in [-0.2, 0) is 13.2 Å². The number of nitrogens with zero attached hydrogens (tertiary/aromatic N) is 3. The molecule has 4 nitrogen and oxygen atoms in total. The molecule has 5 heteroatoms. The first kappa shape index (κ1) is 14.4. The van der Waals surface area contributed by atoms with Crippen LogP contribution in [0.2, 0.25) is 0 Å². The van der Waals surface area contributed by atoms with E-state index in [0.29, 0.717) is 18.6 Å². The first-order chi connectivity index (χ1) is 10.6. The summed E-state index contributed by atoms with van der Waals surface area (Å²) in [4.78, 5) is 13.9. The third kappa shape index (κ3) is 3.04. The average Bonchev–Trinajstić information content (AvgIpc) is 2.53. The molecule has 0 aliphatic heterocycles. The van der Waals surface area contributed by atoms with Crippen LogP contribution in [0.5, 0.6) is 0 Å². The van der Waals surface area contributed by atoms with Gasteiger partial charge in [-0.1, -0.05) is 24.3 Å². The average molecular weight is 297 g/mol. The number of halogens is 1. The van der Waals surface area contributed by atoms with E-state index in [4.69, 9.17) is 0 Å². The molecule has 0 atom stereocenters. The van der Waals surface area contributed by atoms with E-state index in [1.807, 2.05) is 25.2 Å². The fourth-order valence-electron chi connectivity index (χ4n) is 2.45. The maximum absolute atomic E-state index is 12.9. The highest BCUT2D eigenvalue weighted by Crippen LogP contribution is 2.10. The minimum absolute atomic E-state index is 0.0759. The summed E-state index contributed by atoms with van der Waals surface area (Å²) in [5.74, 6) is -0.237. The molecule has 0 radical (unpaired) electrons. The molecule has 3 aromatic rings. The molecule has 112 valence electrons. The van der Waals surface area contributed by atoms with Crippen LogP contribution in [0.3, 0.4) is 0 Å². The maximum atomic E-state index is 12.9. The zero-order chi connectivity index (χ0) is 15.5. The van der Waals surface area contributed by atoms with Gasteiger partial charge in [-0.2, -0.15) is 5.10 Å². The standard InChI is InChI=1S/C17H16FN3O/c1-20(11-13-6-8-14(18)9-7-13)12-21-16-5-3-2-4-15(16)17(22)10-19-21/h2-10H,11-12H2,1H3. The summed E-state index contributed by atoms with van der Waals surface area (Å²) in [7, 11) is 1.96. The van der Waals surface area contributed by atoms with E-state index in [1.165, 1.54) is 18.3 Å². The highest BCUT2D eigenvalue weighted by Gasteiger charge is 2.06. The molecule has 0 saturated carbocycles. The van der Waals surface area contributed by atoms with Crippen molar-refractivity contribution < 1.29 is 4.39 Å². The Kier molecular flexibility index (Phi) is 3.98. The molecule has 0 N–H and O–H groups in total. The molecule has 0 spiro atoms. The van der Waals surface area contributed by atoms with Crippen LogP contribution in [-0.4, -0.2) is 21.7 Å². The Morgan fingerprint density at radius 3 is 2.64 bits per heavy atom. The summed E-state index contributed by atoms with van der Waals surface area (Å²) in [6.45, 7) is 1.21. The fraction of sp³-hybridized carbons (Fsp3) is 0.176. The van der Waals surface area contributed by atoms with Gasteiger partial charge in [-0.3, -0.25) is 14.4 Å².